The van der Waals surface area contributed by atoms with Crippen LogP contribution in [0.2, 0.25) is 0 Å². The normalized spacial score (nSPS) is 11.4. The van der Waals surface area contributed by atoms with E-state index in [1.165, 1.54) is 0 Å². The molecule has 0 radical (unpaired) electrons. The van der Waals surface area contributed by atoms with Gasteiger partial charge in [0.15, 0.2) is 0 Å². The summed E-state index contributed by atoms with van der Waals surface area (Å²) in [6.45, 7) is 0. The number of rotatable bonds is 5. The van der Waals surface area contributed by atoms with Crippen molar-refractivity contribution in [1.29, 1.82) is 0 Å². The van der Waals surface area contributed by atoms with Gasteiger partial charge in [-0.25, -0.2) is 4.79 Å². The summed E-state index contributed by atoms with van der Waals surface area (Å²) in [5.41, 5.74) is 1.51. The minimum absolute atomic E-state index is 0.198. The van der Waals surface area contributed by atoms with Gasteiger partial charge in [-0.05, 0) is 40.6 Å². The molecule has 0 heterocycles. The lowest BCUT2D eigenvalue weighted by Gasteiger charge is -2.11. The molecule has 0 spiro atoms. The molecule has 0 amide bonds. The molecule has 0 aromatic heterocycles. The third-order valence-corrected chi connectivity index (χ3v) is 4.05. The van der Waals surface area contributed by atoms with Crippen molar-refractivity contribution >= 4 is 28.4 Å². The largest absolute Gasteiger partial charge is 0.497 e. The first-order valence-electron chi connectivity index (χ1n) is 7.79. The maximum Gasteiger partial charge on any atom is 0.336 e. The zero-order valence-electron chi connectivity index (χ0n) is 14.0. The highest BCUT2D eigenvalue weighted by molar-refractivity contribution is 6.24. The Kier molecular flexibility index (Phi) is 4.70. The molecular formula is C21H18O4. The molecule has 0 saturated carbocycles. The van der Waals surface area contributed by atoms with Crippen LogP contribution in [0.3, 0.4) is 0 Å². The number of fused-ring (bicyclic) bond motifs is 1. The van der Waals surface area contributed by atoms with Crippen molar-refractivity contribution in [1.82, 2.24) is 0 Å². The van der Waals surface area contributed by atoms with Crippen molar-refractivity contribution in [2.24, 2.45) is 0 Å². The van der Waals surface area contributed by atoms with Crippen LogP contribution in [0.1, 0.15) is 11.1 Å². The number of carboxylic acid groups (broad SMARTS) is 1. The first kappa shape index (κ1) is 16.6. The van der Waals surface area contributed by atoms with Crippen molar-refractivity contribution in [3.05, 3.63) is 71.8 Å². The van der Waals surface area contributed by atoms with E-state index in [0.717, 1.165) is 10.8 Å². The van der Waals surface area contributed by atoms with Crippen LogP contribution in [0.25, 0.3) is 22.4 Å². The molecule has 0 bridgehead atoms. The number of carbonyl (C=O) groups is 1. The van der Waals surface area contributed by atoms with E-state index in [4.69, 9.17) is 9.47 Å². The molecule has 0 atom stereocenters. The second kappa shape index (κ2) is 7.09. The van der Waals surface area contributed by atoms with Gasteiger partial charge < -0.3 is 14.6 Å². The predicted molar refractivity (Wildman–Crippen MR) is 99.0 cm³/mol. The Hall–Kier alpha value is -3.27. The fourth-order valence-electron chi connectivity index (χ4n) is 2.82. The van der Waals surface area contributed by atoms with Crippen molar-refractivity contribution < 1.29 is 19.4 Å². The first-order chi connectivity index (χ1) is 12.1. The van der Waals surface area contributed by atoms with Crippen LogP contribution in [0, 0.1) is 0 Å². The van der Waals surface area contributed by atoms with Gasteiger partial charge in [-0.2, -0.15) is 0 Å². The van der Waals surface area contributed by atoms with Crippen LogP contribution >= 0.6 is 0 Å². The van der Waals surface area contributed by atoms with E-state index in [0.29, 0.717) is 22.6 Å². The Morgan fingerprint density at radius 1 is 0.960 bits per heavy atom. The summed E-state index contributed by atoms with van der Waals surface area (Å²) in [7, 11) is 3.12. The van der Waals surface area contributed by atoms with Crippen molar-refractivity contribution in [2.45, 2.75) is 0 Å². The highest BCUT2D eigenvalue weighted by Crippen LogP contribution is 2.31. The van der Waals surface area contributed by atoms with Gasteiger partial charge in [0.25, 0.3) is 0 Å². The van der Waals surface area contributed by atoms with E-state index in [-0.39, 0.29) is 5.57 Å². The van der Waals surface area contributed by atoms with E-state index < -0.39 is 5.97 Å². The molecule has 0 aliphatic rings. The number of ether oxygens (including phenoxy) is 2. The first-order valence-corrected chi connectivity index (χ1v) is 7.79. The zero-order valence-corrected chi connectivity index (χ0v) is 14.0. The fraction of sp³-hybridized carbons (Fsp3) is 0.0952. The van der Waals surface area contributed by atoms with Crippen molar-refractivity contribution in [3.63, 3.8) is 0 Å². The van der Waals surface area contributed by atoms with Gasteiger partial charge in [0.2, 0.25) is 0 Å². The average Bonchev–Trinajstić information content (AvgIpc) is 2.65. The third-order valence-electron chi connectivity index (χ3n) is 4.05. The van der Waals surface area contributed by atoms with Gasteiger partial charge in [-0.3, -0.25) is 0 Å². The monoisotopic (exact) mass is 334 g/mol. The summed E-state index contributed by atoms with van der Waals surface area (Å²) in [5, 5.41) is 11.7. The van der Waals surface area contributed by atoms with E-state index in [1.807, 2.05) is 42.5 Å². The number of benzene rings is 3. The quantitative estimate of drug-likeness (QED) is 0.552. The summed E-state index contributed by atoms with van der Waals surface area (Å²) in [6, 6.07) is 18.6. The van der Waals surface area contributed by atoms with Gasteiger partial charge in [0.05, 0.1) is 19.8 Å². The molecule has 0 aliphatic heterocycles. The summed E-state index contributed by atoms with van der Waals surface area (Å²) < 4.78 is 10.6. The molecule has 3 rings (SSSR count). The summed E-state index contributed by atoms with van der Waals surface area (Å²) in [6.07, 6.45) is 1.62. The van der Waals surface area contributed by atoms with E-state index in [9.17, 15) is 9.90 Å². The van der Waals surface area contributed by atoms with Crippen LogP contribution < -0.4 is 9.47 Å². The fourth-order valence-corrected chi connectivity index (χ4v) is 2.82. The predicted octanol–water partition coefficient (Wildman–Crippen LogP) is 4.48. The maximum atomic E-state index is 12.0. The van der Waals surface area contributed by atoms with E-state index in [2.05, 4.69) is 0 Å². The lowest BCUT2D eigenvalue weighted by molar-refractivity contribution is -0.130. The van der Waals surface area contributed by atoms with Crippen molar-refractivity contribution in [3.8, 4) is 11.5 Å². The highest BCUT2D eigenvalue weighted by atomic mass is 16.5. The molecule has 0 saturated heterocycles. The Labute approximate surface area is 145 Å². The molecule has 4 nitrogen and oxygen atoms in total. The summed E-state index contributed by atoms with van der Waals surface area (Å²) in [4.78, 5) is 12.0. The topological polar surface area (TPSA) is 55.8 Å². The van der Waals surface area contributed by atoms with Gasteiger partial charge in [0.1, 0.15) is 11.5 Å². The van der Waals surface area contributed by atoms with Crippen LogP contribution in [-0.2, 0) is 4.79 Å². The molecule has 3 aromatic rings. The lowest BCUT2D eigenvalue weighted by Crippen LogP contribution is -2.01. The second-order valence-electron chi connectivity index (χ2n) is 5.50. The van der Waals surface area contributed by atoms with Crippen LogP contribution in [-0.4, -0.2) is 25.3 Å². The average molecular weight is 334 g/mol. The minimum Gasteiger partial charge on any atom is -0.497 e. The number of carboxylic acids is 1. The second-order valence-corrected chi connectivity index (χ2v) is 5.50. The van der Waals surface area contributed by atoms with Crippen LogP contribution in [0.4, 0.5) is 0 Å². The molecule has 3 aromatic carbocycles. The Morgan fingerprint density at radius 2 is 1.72 bits per heavy atom. The molecule has 0 aliphatic carbocycles. The molecule has 0 fully saturated rings. The Balaban J connectivity index is 2.23. The Morgan fingerprint density at radius 3 is 2.44 bits per heavy atom. The SMILES string of the molecule is COc1ccc(OC)c(/C=C(\C(=O)O)c2cccc3ccccc23)c1. The Bertz CT molecular complexity index is 952. The molecule has 126 valence electrons. The van der Waals surface area contributed by atoms with Crippen molar-refractivity contribution in [2.75, 3.05) is 14.2 Å². The number of aliphatic carboxylic acids is 1. The molecule has 1 N–H and O–H groups in total. The lowest BCUT2D eigenvalue weighted by atomic mass is 9.96. The van der Waals surface area contributed by atoms with Gasteiger partial charge >= 0.3 is 5.97 Å². The number of methoxy groups -OCH3 is 2. The van der Waals surface area contributed by atoms with Gasteiger partial charge in [0, 0.05) is 5.56 Å². The van der Waals surface area contributed by atoms with Crippen LogP contribution in [0.5, 0.6) is 11.5 Å². The molecule has 0 unspecified atom stereocenters. The summed E-state index contributed by atoms with van der Waals surface area (Å²) >= 11 is 0. The number of hydrogen-bond acceptors (Lipinski definition) is 3. The van der Waals surface area contributed by atoms with Gasteiger partial charge in [-0.1, -0.05) is 42.5 Å². The highest BCUT2D eigenvalue weighted by Gasteiger charge is 2.15. The van der Waals surface area contributed by atoms with Crippen LogP contribution in [0.15, 0.2) is 60.7 Å². The van der Waals surface area contributed by atoms with Gasteiger partial charge in [-0.15, -0.1) is 0 Å². The standard InChI is InChI=1S/C21H18O4/c1-24-16-10-11-20(25-2)15(12-16)13-19(21(22)23)18-9-5-7-14-6-3-4-8-17(14)18/h3-13H,1-2H3,(H,22,23)/b19-13-. The molecule has 4 heteroatoms. The number of hydrogen-bond donors (Lipinski definition) is 1. The third kappa shape index (κ3) is 3.33. The van der Waals surface area contributed by atoms with E-state index >= 15 is 0 Å². The maximum absolute atomic E-state index is 12.0. The molecule has 25 heavy (non-hydrogen) atoms. The zero-order chi connectivity index (χ0) is 17.8. The summed E-state index contributed by atoms with van der Waals surface area (Å²) in [5.74, 6) is 0.218. The minimum atomic E-state index is -0.999. The smallest absolute Gasteiger partial charge is 0.336 e. The molecular weight excluding hydrogens is 316 g/mol. The van der Waals surface area contributed by atoms with E-state index in [1.54, 1.807) is 38.5 Å².